The molecule has 124 valence electrons. The van der Waals surface area contributed by atoms with Crippen LogP contribution in [-0.4, -0.2) is 29.0 Å². The Labute approximate surface area is 145 Å². The first-order valence-electron chi connectivity index (χ1n) is 9.34. The lowest BCUT2D eigenvalue weighted by molar-refractivity contribution is 0.0786. The van der Waals surface area contributed by atoms with Gasteiger partial charge in [-0.3, -0.25) is 9.88 Å². The third kappa shape index (κ3) is 3.29. The third-order valence-corrected chi connectivity index (χ3v) is 5.55. The highest BCUT2D eigenvalue weighted by Crippen LogP contribution is 2.34. The zero-order chi connectivity index (χ0) is 16.2. The predicted octanol–water partition coefficient (Wildman–Crippen LogP) is 4.78. The van der Waals surface area contributed by atoms with Crippen molar-refractivity contribution in [2.45, 2.75) is 38.1 Å². The summed E-state index contributed by atoms with van der Waals surface area (Å²) in [5.41, 5.74) is 3.68. The summed E-state index contributed by atoms with van der Waals surface area (Å²) >= 11 is 0. The summed E-state index contributed by atoms with van der Waals surface area (Å²) in [4.78, 5) is 7.37. The molecule has 0 amide bonds. The van der Waals surface area contributed by atoms with Crippen LogP contribution in [0.15, 0.2) is 60.8 Å². The van der Waals surface area contributed by atoms with Crippen molar-refractivity contribution in [1.82, 2.24) is 9.88 Å². The first-order chi connectivity index (χ1) is 11.9. The van der Waals surface area contributed by atoms with E-state index in [1.165, 1.54) is 56.3 Å². The molecule has 0 saturated carbocycles. The lowest BCUT2D eigenvalue weighted by atomic mass is 9.81. The Hall–Kier alpha value is -1.93. The monoisotopic (exact) mass is 318 g/mol. The van der Waals surface area contributed by atoms with Crippen molar-refractivity contribution in [2.75, 3.05) is 13.1 Å². The number of rotatable bonds is 3. The van der Waals surface area contributed by atoms with Gasteiger partial charge < -0.3 is 0 Å². The summed E-state index contributed by atoms with van der Waals surface area (Å²) in [5.74, 6) is 0.649. The molecule has 2 fully saturated rings. The number of aromatic nitrogens is 1. The van der Waals surface area contributed by atoms with E-state index >= 15 is 0 Å². The molecule has 2 aliphatic rings. The van der Waals surface area contributed by atoms with Gasteiger partial charge in [-0.1, -0.05) is 48.9 Å². The van der Waals surface area contributed by atoms with Gasteiger partial charge in [0.2, 0.25) is 0 Å². The second-order valence-electron chi connectivity index (χ2n) is 7.07. The highest BCUT2D eigenvalue weighted by Gasteiger charge is 2.32. The molecule has 2 atom stereocenters. The second kappa shape index (κ2) is 7.31. The summed E-state index contributed by atoms with van der Waals surface area (Å²) in [7, 11) is 0. The predicted molar refractivity (Wildman–Crippen MR) is 99.7 cm³/mol. The molecular weight excluding hydrogens is 292 g/mol. The summed E-state index contributed by atoms with van der Waals surface area (Å²) in [6, 6.07) is 17.7. The maximum absolute atomic E-state index is 4.64. The van der Waals surface area contributed by atoms with E-state index in [1.807, 2.05) is 12.3 Å². The van der Waals surface area contributed by atoms with Crippen LogP contribution in [0.4, 0.5) is 0 Å². The lowest BCUT2D eigenvalue weighted by Gasteiger charge is -2.43. The van der Waals surface area contributed by atoms with Crippen LogP contribution in [0.1, 0.15) is 43.4 Å². The molecule has 4 rings (SSSR count). The quantitative estimate of drug-likeness (QED) is 0.810. The van der Waals surface area contributed by atoms with Crippen molar-refractivity contribution in [1.29, 1.82) is 0 Å². The minimum Gasteiger partial charge on any atom is -0.300 e. The average molecular weight is 318 g/mol. The third-order valence-electron chi connectivity index (χ3n) is 5.55. The van der Waals surface area contributed by atoms with Gasteiger partial charge in [-0.05, 0) is 62.4 Å². The number of nitrogens with zero attached hydrogens (tertiary/aromatic N) is 2. The molecule has 2 heteroatoms. The molecule has 2 aliphatic heterocycles. The molecule has 1 aromatic carbocycles. The van der Waals surface area contributed by atoms with Gasteiger partial charge >= 0.3 is 0 Å². The van der Waals surface area contributed by atoms with Gasteiger partial charge in [0.25, 0.3) is 0 Å². The molecule has 3 heterocycles. The van der Waals surface area contributed by atoms with Crippen LogP contribution in [0.25, 0.3) is 5.57 Å². The van der Waals surface area contributed by atoms with Crippen molar-refractivity contribution < 1.29 is 0 Å². The summed E-state index contributed by atoms with van der Waals surface area (Å²) in [6.07, 6.45) is 11.2. The zero-order valence-corrected chi connectivity index (χ0v) is 14.3. The molecule has 1 aromatic heterocycles. The van der Waals surface area contributed by atoms with Crippen LogP contribution in [-0.2, 0) is 0 Å². The Kier molecular flexibility index (Phi) is 4.75. The van der Waals surface area contributed by atoms with Crippen LogP contribution in [0, 0.1) is 5.92 Å². The van der Waals surface area contributed by atoms with E-state index in [2.05, 4.69) is 58.4 Å². The van der Waals surface area contributed by atoms with Crippen LogP contribution in [0.3, 0.4) is 0 Å². The Bertz CT molecular complexity index is 634. The second-order valence-corrected chi connectivity index (χ2v) is 7.07. The van der Waals surface area contributed by atoms with Crippen LogP contribution in [0.5, 0.6) is 0 Å². The summed E-state index contributed by atoms with van der Waals surface area (Å²) in [5, 5.41) is 0. The SMILES string of the molecule is C(=C(\c1ccccc1)c1ccccn1)/[C@@H]1CCCN2CCCC[C@H]12. The molecule has 0 radical (unpaired) electrons. The van der Waals surface area contributed by atoms with Crippen molar-refractivity contribution >= 4 is 5.57 Å². The highest BCUT2D eigenvalue weighted by molar-refractivity contribution is 5.78. The van der Waals surface area contributed by atoms with E-state index in [1.54, 1.807) is 0 Å². The number of pyridine rings is 1. The van der Waals surface area contributed by atoms with Crippen molar-refractivity contribution in [3.05, 3.63) is 72.1 Å². The first-order valence-corrected chi connectivity index (χ1v) is 9.34. The van der Waals surface area contributed by atoms with Gasteiger partial charge in [-0.2, -0.15) is 0 Å². The van der Waals surface area contributed by atoms with Gasteiger partial charge in [0.15, 0.2) is 0 Å². The van der Waals surface area contributed by atoms with E-state index < -0.39 is 0 Å². The smallest absolute Gasteiger partial charge is 0.0704 e. The molecular formula is C22H26N2. The number of piperidine rings is 2. The molecule has 2 saturated heterocycles. The lowest BCUT2D eigenvalue weighted by Crippen LogP contribution is -2.47. The van der Waals surface area contributed by atoms with Crippen molar-refractivity contribution in [2.24, 2.45) is 5.92 Å². The molecule has 24 heavy (non-hydrogen) atoms. The summed E-state index contributed by atoms with van der Waals surface area (Å²) < 4.78 is 0. The Balaban J connectivity index is 1.71. The maximum Gasteiger partial charge on any atom is 0.0704 e. The number of hydrogen-bond donors (Lipinski definition) is 0. The fourth-order valence-corrected chi connectivity index (χ4v) is 4.38. The summed E-state index contributed by atoms with van der Waals surface area (Å²) in [6.45, 7) is 2.58. The van der Waals surface area contributed by atoms with E-state index in [-0.39, 0.29) is 0 Å². The van der Waals surface area contributed by atoms with Crippen molar-refractivity contribution in [3.63, 3.8) is 0 Å². The van der Waals surface area contributed by atoms with Crippen LogP contribution >= 0.6 is 0 Å². The van der Waals surface area contributed by atoms with Gasteiger partial charge in [0.05, 0.1) is 5.69 Å². The Morgan fingerprint density at radius 1 is 0.917 bits per heavy atom. The zero-order valence-electron chi connectivity index (χ0n) is 14.3. The normalized spacial score (nSPS) is 25.2. The molecule has 0 aliphatic carbocycles. The minimum absolute atomic E-state index is 0.649. The molecule has 0 spiro atoms. The topological polar surface area (TPSA) is 16.1 Å². The molecule has 0 N–H and O–H groups in total. The highest BCUT2D eigenvalue weighted by atomic mass is 15.2. The van der Waals surface area contributed by atoms with Gasteiger partial charge in [0.1, 0.15) is 0 Å². The molecule has 2 nitrogen and oxygen atoms in total. The number of benzene rings is 1. The number of hydrogen-bond acceptors (Lipinski definition) is 2. The fourth-order valence-electron chi connectivity index (χ4n) is 4.38. The van der Waals surface area contributed by atoms with Crippen molar-refractivity contribution in [3.8, 4) is 0 Å². The van der Waals surface area contributed by atoms with E-state index in [9.17, 15) is 0 Å². The molecule has 0 unspecified atom stereocenters. The first kappa shape index (κ1) is 15.6. The standard InChI is InChI=1S/C22H26N2/c1-2-9-18(10-3-1)20(21-12-4-6-14-23-21)17-19-11-8-16-24-15-7-5-13-22(19)24/h1-4,6,9-10,12,14,17,19,22H,5,7-8,11,13,15-16H2/b20-17-/t19-,22+/m0/s1. The Morgan fingerprint density at radius 2 is 1.75 bits per heavy atom. The Morgan fingerprint density at radius 3 is 2.58 bits per heavy atom. The maximum atomic E-state index is 4.64. The number of fused-ring (bicyclic) bond motifs is 1. The van der Waals surface area contributed by atoms with E-state index in [0.717, 1.165) is 11.7 Å². The van der Waals surface area contributed by atoms with Crippen LogP contribution in [0.2, 0.25) is 0 Å². The van der Waals surface area contributed by atoms with Gasteiger partial charge in [-0.15, -0.1) is 0 Å². The fraction of sp³-hybridized carbons (Fsp3) is 0.409. The largest absolute Gasteiger partial charge is 0.300 e. The molecule has 0 bridgehead atoms. The van der Waals surface area contributed by atoms with Crippen LogP contribution < -0.4 is 0 Å². The van der Waals surface area contributed by atoms with Gasteiger partial charge in [0, 0.05) is 17.8 Å². The molecule has 2 aromatic rings. The average Bonchev–Trinajstić information content (AvgIpc) is 2.67. The van der Waals surface area contributed by atoms with E-state index in [4.69, 9.17) is 0 Å². The minimum atomic E-state index is 0.649. The van der Waals surface area contributed by atoms with Gasteiger partial charge in [-0.25, -0.2) is 0 Å². The van der Waals surface area contributed by atoms with E-state index in [0.29, 0.717) is 5.92 Å².